The zero-order valence-corrected chi connectivity index (χ0v) is 33.8. The number of imide groups is 1. The monoisotopic (exact) mass is 838 g/mol. The normalized spacial score (nSPS) is 18.8. The number of fused-ring (bicyclic) bond motifs is 2. The van der Waals surface area contributed by atoms with Crippen molar-refractivity contribution in [2.24, 2.45) is 7.05 Å². The summed E-state index contributed by atoms with van der Waals surface area (Å²) in [5.74, 6) is 1.70. The molecule has 0 radical (unpaired) electrons. The van der Waals surface area contributed by atoms with Crippen molar-refractivity contribution in [3.05, 3.63) is 57.9 Å². The number of H-pyrrole nitrogens is 1. The maximum absolute atomic E-state index is 15.0. The molecule has 59 heavy (non-hydrogen) atoms. The van der Waals surface area contributed by atoms with Gasteiger partial charge in [0.05, 0.1) is 16.8 Å². The molecule has 2 aromatic heterocycles. The van der Waals surface area contributed by atoms with E-state index in [1.54, 1.807) is 22.7 Å². The number of aromatic nitrogens is 4. The highest BCUT2D eigenvalue weighted by Gasteiger charge is 2.31. The van der Waals surface area contributed by atoms with Crippen LogP contribution in [-0.2, 0) is 31.9 Å². The summed E-state index contributed by atoms with van der Waals surface area (Å²) < 4.78 is 28.3. The van der Waals surface area contributed by atoms with Gasteiger partial charge in [0.1, 0.15) is 29.4 Å². The number of piperidine rings is 2. The van der Waals surface area contributed by atoms with E-state index in [4.69, 9.17) is 29.3 Å². The lowest BCUT2D eigenvalue weighted by atomic mass is 9.87. The first kappa shape index (κ1) is 43.5. The highest BCUT2D eigenvalue weighted by Crippen LogP contribution is 2.35. The molecule has 0 saturated carbocycles. The van der Waals surface area contributed by atoms with E-state index in [2.05, 4.69) is 48.4 Å². The maximum Gasteiger partial charge on any atom is 0.329 e. The molecule has 0 unspecified atom stereocenters. The van der Waals surface area contributed by atoms with Gasteiger partial charge in [-0.2, -0.15) is 16.9 Å². The lowest BCUT2D eigenvalue weighted by molar-refractivity contribution is -0.123. The van der Waals surface area contributed by atoms with Crippen LogP contribution in [0.3, 0.4) is 0 Å². The molecule has 19 heteroatoms. The minimum Gasteiger partial charge on any atom is -0.492 e. The third-order valence-electron chi connectivity index (χ3n) is 11.3. The fourth-order valence-electron chi connectivity index (χ4n) is 8.31. The number of nitrogens with zero attached hydrogens (tertiary/aromatic N) is 6. The largest absolute Gasteiger partial charge is 0.492 e. The van der Waals surface area contributed by atoms with E-state index in [1.165, 1.54) is 11.6 Å². The van der Waals surface area contributed by atoms with E-state index in [1.807, 2.05) is 11.7 Å². The third kappa shape index (κ3) is 10.9. The molecule has 4 saturated heterocycles. The van der Waals surface area contributed by atoms with E-state index in [0.717, 1.165) is 95.4 Å². The Morgan fingerprint density at radius 1 is 0.966 bits per heavy atom. The Morgan fingerprint density at radius 2 is 1.68 bits per heavy atom. The fourth-order valence-corrected chi connectivity index (χ4v) is 9.37. The van der Waals surface area contributed by atoms with E-state index in [0.29, 0.717) is 59.0 Å². The molecule has 4 fully saturated rings. The smallest absolute Gasteiger partial charge is 0.329 e. The van der Waals surface area contributed by atoms with Crippen LogP contribution in [0.2, 0.25) is 0 Å². The van der Waals surface area contributed by atoms with Gasteiger partial charge in [0.15, 0.2) is 5.82 Å². The van der Waals surface area contributed by atoms with Gasteiger partial charge < -0.3 is 29.6 Å². The molecule has 4 N–H and O–H groups in total. The Hall–Kier alpha value is -5.11. The summed E-state index contributed by atoms with van der Waals surface area (Å²) >= 11 is 1.75. The van der Waals surface area contributed by atoms with E-state index in [-0.39, 0.29) is 30.7 Å². The quantitative estimate of drug-likeness (QED) is 0.167. The van der Waals surface area contributed by atoms with Crippen LogP contribution in [0.5, 0.6) is 5.75 Å². The molecular formula is C40H51FN8O9S. The number of anilines is 1. The second-order valence-electron chi connectivity index (χ2n) is 14.9. The average molecular weight is 839 g/mol. The number of nitrogens with one attached hydrogen (secondary N) is 2. The average Bonchev–Trinajstić information content (AvgIpc) is 3.56. The number of ether oxygens (including phenoxy) is 2. The molecule has 2 aromatic carbocycles. The molecular weight excluding hydrogens is 788 g/mol. The van der Waals surface area contributed by atoms with Crippen LogP contribution in [0.15, 0.2) is 35.1 Å². The van der Waals surface area contributed by atoms with Crippen molar-refractivity contribution in [3.63, 3.8) is 0 Å². The molecule has 8 rings (SSSR count). The molecule has 0 atom stereocenters. The molecule has 3 amide bonds. The minimum absolute atomic E-state index is 0.0308. The number of halogens is 1. The van der Waals surface area contributed by atoms with Crippen LogP contribution < -0.4 is 20.5 Å². The molecule has 318 valence electrons. The van der Waals surface area contributed by atoms with Crippen LogP contribution in [0.1, 0.15) is 62.3 Å². The van der Waals surface area contributed by atoms with Gasteiger partial charge >= 0.3 is 6.03 Å². The van der Waals surface area contributed by atoms with Crippen molar-refractivity contribution in [2.45, 2.75) is 67.9 Å². The number of urea groups is 1. The summed E-state index contributed by atoms with van der Waals surface area (Å²) in [6, 6.07) is 9.58. The predicted octanol–water partition coefficient (Wildman–Crippen LogP) is 3.93. The number of amides is 3. The summed E-state index contributed by atoms with van der Waals surface area (Å²) in [5.41, 5.74) is 2.16. The standard InChI is InChI=1S/C38H47FN8O5S.2CH2O2/c1-44-32-20-25(2-3-29(32)36(43-44)47-15-8-34(48)42-38(47)50)24-4-13-46(14-5-24)26-6-11-45(12-7-26)16-19-52-27-21-30(39)35-31(22-27)40-33(41-37(35)49)23-53-28-9-17-51-18-10-28;2*2-1-3/h2-3,20-22,24,26,28H,4-19,23H2,1H3,(H,40,41,49)(H,42,48,50);2*1H,(H,2,3). The first-order chi connectivity index (χ1) is 28.6. The lowest BCUT2D eigenvalue weighted by Crippen LogP contribution is -2.49. The van der Waals surface area contributed by atoms with E-state index < -0.39 is 17.4 Å². The third-order valence-corrected chi connectivity index (χ3v) is 12.7. The molecule has 0 spiro atoms. The second-order valence-corrected chi connectivity index (χ2v) is 16.1. The van der Waals surface area contributed by atoms with Crippen LogP contribution in [0, 0.1) is 5.82 Å². The Morgan fingerprint density at radius 3 is 2.37 bits per heavy atom. The summed E-state index contributed by atoms with van der Waals surface area (Å²) in [4.78, 5) is 67.5. The Balaban J connectivity index is 0.000000921. The molecule has 0 aliphatic carbocycles. The lowest BCUT2D eigenvalue weighted by Gasteiger charge is -2.42. The number of thioether (sulfide) groups is 1. The minimum atomic E-state index is -0.617. The number of hydrogen-bond acceptors (Lipinski definition) is 12. The number of aromatic amines is 1. The van der Waals surface area contributed by atoms with Crippen LogP contribution in [-0.4, -0.2) is 135 Å². The predicted molar refractivity (Wildman–Crippen MR) is 220 cm³/mol. The number of likely N-dealkylation sites (tertiary alicyclic amines) is 2. The van der Waals surface area contributed by atoms with Gasteiger partial charge in [-0.05, 0) is 88.3 Å². The number of benzene rings is 2. The van der Waals surface area contributed by atoms with Crippen molar-refractivity contribution in [2.75, 3.05) is 64.0 Å². The highest BCUT2D eigenvalue weighted by molar-refractivity contribution is 7.99. The first-order valence-corrected chi connectivity index (χ1v) is 20.9. The molecule has 0 bridgehead atoms. The molecule has 4 aliphatic heterocycles. The Labute approximate surface area is 344 Å². The van der Waals surface area contributed by atoms with Crippen molar-refractivity contribution in [1.29, 1.82) is 0 Å². The highest BCUT2D eigenvalue weighted by atomic mass is 32.2. The van der Waals surface area contributed by atoms with Crippen LogP contribution in [0.4, 0.5) is 15.0 Å². The second kappa shape index (κ2) is 20.7. The van der Waals surface area contributed by atoms with Gasteiger partial charge in [0, 0.05) is 68.6 Å². The number of carboxylic acid groups (broad SMARTS) is 2. The van der Waals surface area contributed by atoms with Crippen LogP contribution >= 0.6 is 11.8 Å². The van der Waals surface area contributed by atoms with Crippen LogP contribution in [0.25, 0.3) is 21.8 Å². The zero-order valence-electron chi connectivity index (χ0n) is 33.0. The summed E-state index contributed by atoms with van der Waals surface area (Å²) in [6.07, 6.45) is 6.64. The SMILES string of the molecule is Cn1nc(N2CCC(=O)NC2=O)c2ccc(C3CCN(C4CCN(CCOc5cc(F)c6c(=O)[nH]c(CSC7CCOCC7)nc6c5)CC4)CC3)cc21.O=CO.O=CO. The van der Waals surface area contributed by atoms with Gasteiger partial charge in [0.25, 0.3) is 18.5 Å². The number of aryl methyl sites for hydroxylation is 1. The number of carbonyl (C=O) groups is 4. The molecule has 4 aromatic rings. The molecule has 17 nitrogen and oxygen atoms in total. The van der Waals surface area contributed by atoms with Crippen molar-refractivity contribution >= 4 is 64.3 Å². The van der Waals surface area contributed by atoms with Gasteiger partial charge in [-0.25, -0.2) is 14.2 Å². The van der Waals surface area contributed by atoms with Gasteiger partial charge in [-0.1, -0.05) is 6.07 Å². The fraction of sp³-hybridized carbons (Fsp3) is 0.525. The Bertz CT molecular complexity index is 2140. The van der Waals surface area contributed by atoms with E-state index >= 15 is 4.39 Å². The van der Waals surface area contributed by atoms with Crippen molar-refractivity contribution in [1.82, 2.24) is 34.9 Å². The molecule has 6 heterocycles. The zero-order chi connectivity index (χ0) is 41.9. The van der Waals surface area contributed by atoms with Gasteiger partial charge in [0.2, 0.25) is 5.91 Å². The topological polar surface area (TPSA) is 213 Å². The number of rotatable bonds is 10. The Kier molecular flexibility index (Phi) is 15.3. The summed E-state index contributed by atoms with van der Waals surface area (Å²) in [7, 11) is 1.90. The molecule has 4 aliphatic rings. The summed E-state index contributed by atoms with van der Waals surface area (Å²) in [5, 5.41) is 22.2. The van der Waals surface area contributed by atoms with Gasteiger partial charge in [-0.3, -0.25) is 39.0 Å². The van der Waals surface area contributed by atoms with E-state index in [9.17, 15) is 14.4 Å². The number of carbonyl (C=O) groups excluding carboxylic acids is 2. The maximum atomic E-state index is 15.0. The number of hydrogen-bond donors (Lipinski definition) is 4. The summed E-state index contributed by atoms with van der Waals surface area (Å²) in [6.45, 7) is 6.65. The van der Waals surface area contributed by atoms with Crippen molar-refractivity contribution in [3.8, 4) is 5.75 Å². The first-order valence-electron chi connectivity index (χ1n) is 19.9. The van der Waals surface area contributed by atoms with Crippen molar-refractivity contribution < 1.29 is 43.3 Å². The van der Waals surface area contributed by atoms with Gasteiger partial charge in [-0.15, -0.1) is 0 Å².